The van der Waals surface area contributed by atoms with Crippen LogP contribution in [-0.4, -0.2) is 69.7 Å². The van der Waals surface area contributed by atoms with Crippen molar-refractivity contribution >= 4 is 29.0 Å². The highest BCUT2D eigenvalue weighted by molar-refractivity contribution is 6.69. The molecule has 0 radical (unpaired) electrons. The first-order valence-electron chi connectivity index (χ1n) is 13.6. The van der Waals surface area contributed by atoms with E-state index in [9.17, 15) is 9.59 Å². The van der Waals surface area contributed by atoms with Crippen molar-refractivity contribution in [3.63, 3.8) is 0 Å². The lowest BCUT2D eigenvalue weighted by Crippen LogP contribution is -1.97. The van der Waals surface area contributed by atoms with Gasteiger partial charge in [-0.3, -0.25) is 29.5 Å². The van der Waals surface area contributed by atoms with E-state index in [1.807, 2.05) is 24.3 Å². The molecule has 6 aromatic rings. The van der Waals surface area contributed by atoms with Crippen LogP contribution in [0.25, 0.3) is 22.5 Å². The summed E-state index contributed by atoms with van der Waals surface area (Å²) < 4.78 is 9.89. The topological polar surface area (TPSA) is 211 Å². The zero-order chi connectivity index (χ0) is 33.7. The third-order valence-corrected chi connectivity index (χ3v) is 5.82. The van der Waals surface area contributed by atoms with E-state index in [0.717, 1.165) is 23.1 Å². The third-order valence-electron chi connectivity index (χ3n) is 5.52. The number of hydrogen-bond donors (Lipinski definition) is 3. The van der Waals surface area contributed by atoms with Gasteiger partial charge < -0.3 is 24.5 Å². The first-order valence-corrected chi connectivity index (χ1v) is 14.0. The molecule has 0 saturated heterocycles. The van der Waals surface area contributed by atoms with E-state index in [4.69, 9.17) is 36.1 Å². The molecule has 6 heterocycles. The predicted molar refractivity (Wildman–Crippen MR) is 170 cm³/mol. The van der Waals surface area contributed by atoms with Gasteiger partial charge in [-0.15, -0.1) is 0 Å². The maximum absolute atomic E-state index is 10.4. The standard InChI is InChI=1S/C10H8N2O3.C10H10N2O2.C6H5ClN2O.C6H5NO/c13-10(14)5-8-4-9(12-15-8)7-2-1-3-11-6-7;13-5-3-9-6-10(12-14-9)8-2-1-4-11-7-8;7-6(9-10)5-2-1-3-8-4-5;8-5-6-2-1-3-7-4-6/h1-4,6H,5H2,(H,13,14);1-2,4,6-7,13H,3,5H2;1-4,10H;1-5H/b;;9-6-;. The zero-order valence-electron chi connectivity index (χ0n) is 24.6. The maximum atomic E-state index is 10.4. The first-order chi connectivity index (χ1) is 22.9. The Kier molecular flexibility index (Phi) is 15.1. The van der Waals surface area contributed by atoms with Gasteiger partial charge in [0.25, 0.3) is 0 Å². The summed E-state index contributed by atoms with van der Waals surface area (Å²) in [6.45, 7) is 0.0711. The second kappa shape index (κ2) is 20.0. The monoisotopic (exact) mass is 657 g/mol. The Morgan fingerprint density at radius 2 is 1.32 bits per heavy atom. The highest BCUT2D eigenvalue weighted by Gasteiger charge is 2.09. The average Bonchev–Trinajstić information content (AvgIpc) is 3.80. The van der Waals surface area contributed by atoms with Crippen molar-refractivity contribution in [1.29, 1.82) is 0 Å². The van der Waals surface area contributed by atoms with Gasteiger partial charge in [0, 0.05) is 90.4 Å². The highest BCUT2D eigenvalue weighted by Crippen LogP contribution is 2.18. The fourth-order valence-electron chi connectivity index (χ4n) is 3.38. The number of carboxylic acid groups (broad SMARTS) is 1. The smallest absolute Gasteiger partial charge is 0.311 e. The molecule has 0 atom stereocenters. The molecule has 0 spiro atoms. The number of halogens is 1. The molecule has 0 fully saturated rings. The molecule has 0 aliphatic rings. The summed E-state index contributed by atoms with van der Waals surface area (Å²) in [6, 6.07) is 17.6. The van der Waals surface area contributed by atoms with E-state index in [1.54, 1.807) is 73.6 Å². The summed E-state index contributed by atoms with van der Waals surface area (Å²) in [5, 5.41) is 36.0. The van der Waals surface area contributed by atoms with Crippen molar-refractivity contribution in [2.45, 2.75) is 12.8 Å². The van der Waals surface area contributed by atoms with Gasteiger partial charge in [0.1, 0.15) is 29.3 Å². The number of aliphatic hydroxyl groups is 1. The summed E-state index contributed by atoms with van der Waals surface area (Å²) in [4.78, 5) is 35.8. The van der Waals surface area contributed by atoms with Gasteiger partial charge in [-0.1, -0.05) is 27.1 Å². The summed E-state index contributed by atoms with van der Waals surface area (Å²) in [5.41, 5.74) is 4.29. The number of carboxylic acids is 1. The van der Waals surface area contributed by atoms with Crippen LogP contribution in [0.4, 0.5) is 0 Å². The second-order valence-corrected chi connectivity index (χ2v) is 9.28. The molecule has 14 nitrogen and oxygen atoms in total. The van der Waals surface area contributed by atoms with Crippen LogP contribution in [0.1, 0.15) is 27.4 Å². The fraction of sp³-hybridized carbons (Fsp3) is 0.0938. The molecule has 6 rings (SSSR count). The zero-order valence-corrected chi connectivity index (χ0v) is 25.3. The van der Waals surface area contributed by atoms with Crippen LogP contribution >= 0.6 is 11.6 Å². The molecular formula is C32H28ClN7O7. The van der Waals surface area contributed by atoms with Crippen LogP contribution in [-0.2, 0) is 17.6 Å². The molecule has 15 heteroatoms. The number of oxime groups is 1. The number of carbonyl (C=O) groups excluding carboxylic acids is 1. The van der Waals surface area contributed by atoms with Crippen molar-refractivity contribution in [2.75, 3.05) is 6.61 Å². The lowest BCUT2D eigenvalue weighted by molar-refractivity contribution is -0.136. The number of pyridine rings is 4. The number of rotatable bonds is 8. The van der Waals surface area contributed by atoms with Crippen LogP contribution in [0.15, 0.2) is 124 Å². The third kappa shape index (κ3) is 12.8. The minimum Gasteiger partial charge on any atom is -0.481 e. The number of aldehydes is 1. The van der Waals surface area contributed by atoms with Gasteiger partial charge in [-0.25, -0.2) is 0 Å². The Morgan fingerprint density at radius 3 is 1.74 bits per heavy atom. The summed E-state index contributed by atoms with van der Waals surface area (Å²) in [6.07, 6.45) is 14.1. The SMILES string of the molecule is O/N=C(\Cl)c1cccnc1.O=C(O)Cc1cc(-c2cccnc2)no1.O=Cc1cccnc1.OCCc1cc(-c2cccnc2)no1. The van der Waals surface area contributed by atoms with Crippen molar-refractivity contribution in [3.8, 4) is 22.5 Å². The fourth-order valence-corrected chi connectivity index (χ4v) is 3.49. The van der Waals surface area contributed by atoms with Crippen molar-refractivity contribution < 1.29 is 34.1 Å². The van der Waals surface area contributed by atoms with Gasteiger partial charge in [-0.2, -0.15) is 0 Å². The molecule has 0 bridgehead atoms. The molecule has 6 aromatic heterocycles. The number of aromatic nitrogens is 6. The Morgan fingerprint density at radius 1 is 0.787 bits per heavy atom. The Balaban J connectivity index is 0.000000175. The molecule has 47 heavy (non-hydrogen) atoms. The van der Waals surface area contributed by atoms with E-state index in [0.29, 0.717) is 34.8 Å². The van der Waals surface area contributed by atoms with E-state index < -0.39 is 5.97 Å². The van der Waals surface area contributed by atoms with Crippen molar-refractivity contribution in [2.24, 2.45) is 5.16 Å². The molecule has 3 N–H and O–H groups in total. The number of aliphatic carboxylic acids is 1. The molecular weight excluding hydrogens is 630 g/mol. The summed E-state index contributed by atoms with van der Waals surface area (Å²) in [5.74, 6) is 0.0802. The van der Waals surface area contributed by atoms with Gasteiger partial charge in [-0.05, 0) is 48.5 Å². The number of aliphatic hydroxyl groups excluding tert-OH is 1. The minimum atomic E-state index is -0.941. The molecule has 0 saturated carbocycles. The van der Waals surface area contributed by atoms with Crippen LogP contribution in [0.3, 0.4) is 0 Å². The van der Waals surface area contributed by atoms with Gasteiger partial charge in [0.15, 0.2) is 11.5 Å². The minimum absolute atomic E-state index is 0.0492. The molecule has 0 aromatic carbocycles. The lowest BCUT2D eigenvalue weighted by atomic mass is 10.2. The van der Waals surface area contributed by atoms with Gasteiger partial charge >= 0.3 is 5.97 Å². The quantitative estimate of drug-likeness (QED) is 0.0853. The molecule has 0 amide bonds. The number of hydrogen-bond acceptors (Lipinski definition) is 13. The Bertz CT molecular complexity index is 1790. The van der Waals surface area contributed by atoms with Crippen LogP contribution < -0.4 is 0 Å². The second-order valence-electron chi connectivity index (χ2n) is 8.92. The Hall–Kier alpha value is -6.12. The van der Waals surface area contributed by atoms with Crippen molar-refractivity contribution in [3.05, 3.63) is 133 Å². The van der Waals surface area contributed by atoms with Crippen LogP contribution in [0.2, 0.25) is 0 Å². The normalized spacial score (nSPS) is 10.2. The molecule has 0 aliphatic heterocycles. The number of nitrogens with zero attached hydrogens (tertiary/aromatic N) is 7. The largest absolute Gasteiger partial charge is 0.481 e. The summed E-state index contributed by atoms with van der Waals surface area (Å²) in [7, 11) is 0. The van der Waals surface area contributed by atoms with E-state index in [-0.39, 0.29) is 18.2 Å². The lowest BCUT2D eigenvalue weighted by Gasteiger charge is -1.91. The van der Waals surface area contributed by atoms with E-state index in [2.05, 4.69) is 35.4 Å². The summed E-state index contributed by atoms with van der Waals surface area (Å²) >= 11 is 5.45. The van der Waals surface area contributed by atoms with E-state index >= 15 is 0 Å². The maximum Gasteiger partial charge on any atom is 0.311 e. The number of carbonyl (C=O) groups is 2. The van der Waals surface area contributed by atoms with Crippen LogP contribution in [0, 0.1) is 0 Å². The van der Waals surface area contributed by atoms with Crippen molar-refractivity contribution in [1.82, 2.24) is 30.2 Å². The molecule has 0 unspecified atom stereocenters. The molecule has 240 valence electrons. The average molecular weight is 658 g/mol. The molecule has 0 aliphatic carbocycles. The predicted octanol–water partition coefficient (Wildman–Crippen LogP) is 4.99. The first kappa shape index (κ1) is 35.4. The van der Waals surface area contributed by atoms with E-state index in [1.165, 1.54) is 12.4 Å². The Labute approximate surface area is 273 Å². The van der Waals surface area contributed by atoms with Crippen LogP contribution in [0.5, 0.6) is 0 Å². The highest BCUT2D eigenvalue weighted by atomic mass is 35.5. The van der Waals surface area contributed by atoms with Gasteiger partial charge in [0.2, 0.25) is 0 Å². The van der Waals surface area contributed by atoms with Gasteiger partial charge in [0.05, 0.1) is 6.61 Å².